The van der Waals surface area contributed by atoms with Gasteiger partial charge >= 0.3 is 12.0 Å². The standard InChI is InChI=1S/C26H29N3O6/c1-17(2)14-20(25(31)34-16-18-10-6-5-7-11-18)27-24(30)19-12-8-9-13-21(19)35-26-28-22(32-3)15-23(29-26)33-4/h5-13,15,17,20H,14,16H2,1-4H3,(H,27,30). The van der Waals surface area contributed by atoms with Crippen LogP contribution in [0.3, 0.4) is 0 Å². The molecule has 9 nitrogen and oxygen atoms in total. The van der Waals surface area contributed by atoms with Crippen molar-refractivity contribution in [2.24, 2.45) is 5.92 Å². The smallest absolute Gasteiger partial charge is 0.328 e. The fourth-order valence-corrected chi connectivity index (χ4v) is 3.23. The van der Waals surface area contributed by atoms with Crippen molar-refractivity contribution >= 4 is 11.9 Å². The molecule has 3 rings (SSSR count). The van der Waals surface area contributed by atoms with E-state index in [9.17, 15) is 9.59 Å². The second-order valence-electron chi connectivity index (χ2n) is 8.08. The Balaban J connectivity index is 1.76. The molecule has 0 bridgehead atoms. The molecule has 1 unspecified atom stereocenters. The summed E-state index contributed by atoms with van der Waals surface area (Å²) >= 11 is 0. The van der Waals surface area contributed by atoms with Gasteiger partial charge in [0.25, 0.3) is 5.91 Å². The highest BCUT2D eigenvalue weighted by atomic mass is 16.5. The van der Waals surface area contributed by atoms with E-state index in [2.05, 4.69) is 15.3 Å². The Kier molecular flexibility index (Phi) is 9.00. The first-order chi connectivity index (χ1) is 16.9. The molecule has 184 valence electrons. The van der Waals surface area contributed by atoms with Gasteiger partial charge in [-0.25, -0.2) is 4.79 Å². The van der Waals surface area contributed by atoms with E-state index in [0.717, 1.165) is 5.56 Å². The molecular formula is C26H29N3O6. The van der Waals surface area contributed by atoms with Crippen molar-refractivity contribution in [2.45, 2.75) is 32.9 Å². The number of rotatable bonds is 11. The fraction of sp³-hybridized carbons (Fsp3) is 0.308. The highest BCUT2D eigenvalue weighted by Gasteiger charge is 2.25. The molecule has 3 aromatic rings. The lowest BCUT2D eigenvalue weighted by molar-refractivity contribution is -0.147. The van der Waals surface area contributed by atoms with Crippen LogP contribution in [-0.2, 0) is 16.1 Å². The Morgan fingerprint density at radius 1 is 0.914 bits per heavy atom. The number of aromatic nitrogens is 2. The van der Waals surface area contributed by atoms with Crippen molar-refractivity contribution in [2.75, 3.05) is 14.2 Å². The Morgan fingerprint density at radius 3 is 2.17 bits per heavy atom. The third-order valence-corrected chi connectivity index (χ3v) is 4.93. The van der Waals surface area contributed by atoms with Gasteiger partial charge in [-0.3, -0.25) is 4.79 Å². The molecule has 0 aliphatic rings. The van der Waals surface area contributed by atoms with Crippen LogP contribution in [0.1, 0.15) is 36.2 Å². The first kappa shape index (κ1) is 25.5. The average molecular weight is 480 g/mol. The predicted molar refractivity (Wildman–Crippen MR) is 129 cm³/mol. The molecule has 0 aliphatic heterocycles. The van der Waals surface area contributed by atoms with Gasteiger partial charge in [-0.05, 0) is 30.0 Å². The normalized spacial score (nSPS) is 11.5. The van der Waals surface area contributed by atoms with Crippen LogP contribution in [0.15, 0.2) is 60.7 Å². The molecule has 35 heavy (non-hydrogen) atoms. The summed E-state index contributed by atoms with van der Waals surface area (Å²) in [6.45, 7) is 4.06. The minimum atomic E-state index is -0.826. The van der Waals surface area contributed by atoms with Crippen LogP contribution < -0.4 is 19.5 Å². The first-order valence-electron chi connectivity index (χ1n) is 11.1. The molecule has 2 aromatic carbocycles. The van der Waals surface area contributed by atoms with Gasteiger partial charge in [0.1, 0.15) is 18.4 Å². The van der Waals surface area contributed by atoms with E-state index >= 15 is 0 Å². The van der Waals surface area contributed by atoms with Crippen LogP contribution in [0, 0.1) is 5.92 Å². The van der Waals surface area contributed by atoms with E-state index < -0.39 is 17.9 Å². The van der Waals surface area contributed by atoms with Gasteiger partial charge in [-0.1, -0.05) is 56.3 Å². The zero-order valence-electron chi connectivity index (χ0n) is 20.2. The number of nitrogens with one attached hydrogen (secondary N) is 1. The van der Waals surface area contributed by atoms with E-state index in [4.69, 9.17) is 18.9 Å². The highest BCUT2D eigenvalue weighted by Crippen LogP contribution is 2.26. The molecule has 0 saturated carbocycles. The Bertz CT molecular complexity index is 1110. The van der Waals surface area contributed by atoms with Crippen molar-refractivity contribution in [1.82, 2.24) is 15.3 Å². The SMILES string of the molecule is COc1cc(OC)nc(Oc2ccccc2C(=O)NC(CC(C)C)C(=O)OCc2ccccc2)n1. The third kappa shape index (κ3) is 7.43. The van der Waals surface area contributed by atoms with Crippen LogP contribution in [0.2, 0.25) is 0 Å². The number of hydrogen-bond donors (Lipinski definition) is 1. The fourth-order valence-electron chi connectivity index (χ4n) is 3.23. The van der Waals surface area contributed by atoms with Gasteiger partial charge in [-0.15, -0.1) is 0 Å². The van der Waals surface area contributed by atoms with E-state index in [1.807, 2.05) is 44.2 Å². The summed E-state index contributed by atoms with van der Waals surface area (Å²) in [6.07, 6.45) is 0.415. The summed E-state index contributed by atoms with van der Waals surface area (Å²) in [5.74, 6) is -0.151. The Morgan fingerprint density at radius 2 is 1.54 bits per heavy atom. The summed E-state index contributed by atoms with van der Waals surface area (Å²) < 4.78 is 21.5. The molecular weight excluding hydrogens is 450 g/mol. The van der Waals surface area contributed by atoms with Crippen molar-refractivity contribution in [3.8, 4) is 23.5 Å². The van der Waals surface area contributed by atoms with Gasteiger partial charge in [0.15, 0.2) is 0 Å². The molecule has 1 heterocycles. The third-order valence-electron chi connectivity index (χ3n) is 4.93. The Hall–Kier alpha value is -4.14. The van der Waals surface area contributed by atoms with Crippen LogP contribution >= 0.6 is 0 Å². The molecule has 9 heteroatoms. The number of esters is 1. The molecule has 0 saturated heterocycles. The topological polar surface area (TPSA) is 109 Å². The lowest BCUT2D eigenvalue weighted by Crippen LogP contribution is -2.42. The maximum Gasteiger partial charge on any atom is 0.328 e. The molecule has 1 N–H and O–H groups in total. The first-order valence-corrected chi connectivity index (χ1v) is 11.1. The number of hydrogen-bond acceptors (Lipinski definition) is 8. The van der Waals surface area contributed by atoms with Crippen molar-refractivity contribution < 1.29 is 28.5 Å². The molecule has 0 radical (unpaired) electrons. The maximum absolute atomic E-state index is 13.2. The number of amides is 1. The van der Waals surface area contributed by atoms with Crippen LogP contribution in [-0.4, -0.2) is 42.1 Å². The van der Waals surface area contributed by atoms with E-state index in [-0.39, 0.29) is 41.6 Å². The largest absolute Gasteiger partial charge is 0.481 e. The van der Waals surface area contributed by atoms with Crippen LogP contribution in [0.4, 0.5) is 0 Å². The van der Waals surface area contributed by atoms with Crippen molar-refractivity contribution in [1.29, 1.82) is 0 Å². The van der Waals surface area contributed by atoms with Gasteiger partial charge in [0, 0.05) is 0 Å². The lowest BCUT2D eigenvalue weighted by Gasteiger charge is -2.20. The van der Waals surface area contributed by atoms with E-state index in [1.54, 1.807) is 24.3 Å². The zero-order valence-corrected chi connectivity index (χ0v) is 20.2. The van der Waals surface area contributed by atoms with Crippen LogP contribution in [0.5, 0.6) is 23.5 Å². The Labute approximate surface area is 204 Å². The summed E-state index contributed by atoms with van der Waals surface area (Å²) in [7, 11) is 2.91. The van der Waals surface area contributed by atoms with Crippen LogP contribution in [0.25, 0.3) is 0 Å². The minimum absolute atomic E-state index is 0.0533. The quantitative estimate of drug-likeness (QED) is 0.408. The monoisotopic (exact) mass is 479 g/mol. The molecule has 0 spiro atoms. The zero-order chi connectivity index (χ0) is 25.2. The van der Waals surface area contributed by atoms with Gasteiger partial charge in [-0.2, -0.15) is 9.97 Å². The van der Waals surface area contributed by atoms with E-state index in [1.165, 1.54) is 20.3 Å². The number of methoxy groups -OCH3 is 2. The summed E-state index contributed by atoms with van der Waals surface area (Å²) in [4.78, 5) is 34.3. The summed E-state index contributed by atoms with van der Waals surface area (Å²) in [6, 6.07) is 16.6. The number of ether oxygens (including phenoxy) is 4. The molecule has 1 atom stereocenters. The van der Waals surface area contributed by atoms with Crippen molar-refractivity contribution in [3.05, 3.63) is 71.8 Å². The number of para-hydroxylation sites is 1. The maximum atomic E-state index is 13.2. The van der Waals surface area contributed by atoms with Crippen molar-refractivity contribution in [3.63, 3.8) is 0 Å². The molecule has 1 amide bonds. The van der Waals surface area contributed by atoms with Gasteiger partial charge in [0.05, 0.1) is 25.8 Å². The predicted octanol–water partition coefficient (Wildman–Crippen LogP) is 4.17. The minimum Gasteiger partial charge on any atom is -0.481 e. The van der Waals surface area contributed by atoms with Gasteiger partial charge in [0.2, 0.25) is 11.8 Å². The molecule has 0 fully saturated rings. The average Bonchev–Trinajstić information content (AvgIpc) is 2.87. The van der Waals surface area contributed by atoms with E-state index in [0.29, 0.717) is 6.42 Å². The molecule has 1 aromatic heterocycles. The highest BCUT2D eigenvalue weighted by molar-refractivity contribution is 5.99. The number of carbonyl (C=O) groups is 2. The lowest BCUT2D eigenvalue weighted by atomic mass is 10.0. The second-order valence-corrected chi connectivity index (χ2v) is 8.08. The molecule has 0 aliphatic carbocycles. The number of nitrogens with zero attached hydrogens (tertiary/aromatic N) is 2. The number of benzene rings is 2. The number of carbonyl (C=O) groups excluding carboxylic acids is 2. The second kappa shape index (κ2) is 12.4. The summed E-state index contributed by atoms with van der Waals surface area (Å²) in [5.41, 5.74) is 1.07. The summed E-state index contributed by atoms with van der Waals surface area (Å²) in [5, 5.41) is 2.79. The van der Waals surface area contributed by atoms with Gasteiger partial charge < -0.3 is 24.3 Å².